The summed E-state index contributed by atoms with van der Waals surface area (Å²) in [6, 6.07) is 16.2. The van der Waals surface area contributed by atoms with E-state index in [1.54, 1.807) is 48.8 Å². The van der Waals surface area contributed by atoms with E-state index in [2.05, 4.69) is 11.1 Å². The second-order valence-corrected chi connectivity index (χ2v) is 12.3. The largest absolute Gasteiger partial charge is 0.489 e. The van der Waals surface area contributed by atoms with Crippen molar-refractivity contribution in [3.05, 3.63) is 83.7 Å². The van der Waals surface area contributed by atoms with Gasteiger partial charge in [-0.25, -0.2) is 17.4 Å². The van der Waals surface area contributed by atoms with Crippen LogP contribution in [0.4, 0.5) is 0 Å². The fourth-order valence-electron chi connectivity index (χ4n) is 4.92. The van der Waals surface area contributed by atoms with E-state index in [0.29, 0.717) is 59.8 Å². The van der Waals surface area contributed by atoms with Gasteiger partial charge in [0.05, 0.1) is 30.3 Å². The molecule has 10 heteroatoms. The topological polar surface area (TPSA) is 118 Å². The van der Waals surface area contributed by atoms with E-state index in [1.165, 1.54) is 3.97 Å². The first-order valence-corrected chi connectivity index (χ1v) is 15.3. The lowest BCUT2D eigenvalue weighted by atomic mass is 10.0. The molecule has 5 rings (SSSR count). The normalized spacial score (nSPS) is 14.5. The third-order valence-electron chi connectivity index (χ3n) is 7.29. The minimum Gasteiger partial charge on any atom is -0.489 e. The van der Waals surface area contributed by atoms with E-state index in [-0.39, 0.29) is 17.6 Å². The molecular formula is C32H34N4O5S. The Labute approximate surface area is 246 Å². The van der Waals surface area contributed by atoms with Crippen molar-refractivity contribution < 1.29 is 23.0 Å². The molecule has 0 bridgehead atoms. The van der Waals surface area contributed by atoms with Crippen LogP contribution in [0.1, 0.15) is 29.5 Å². The summed E-state index contributed by atoms with van der Waals surface area (Å²) in [6.45, 7) is 4.42. The number of fused-ring (bicyclic) bond motifs is 1. The summed E-state index contributed by atoms with van der Waals surface area (Å²) >= 11 is 0. The average molecular weight is 587 g/mol. The van der Waals surface area contributed by atoms with Crippen molar-refractivity contribution in [2.24, 2.45) is 0 Å². The lowest BCUT2D eigenvalue weighted by molar-refractivity contribution is 0.0254. The van der Waals surface area contributed by atoms with Gasteiger partial charge in [0.25, 0.3) is 10.0 Å². The Balaban J connectivity index is 1.59. The number of ether oxygens (including phenoxy) is 2. The van der Waals surface area contributed by atoms with Crippen LogP contribution >= 0.6 is 0 Å². The first-order valence-electron chi connectivity index (χ1n) is 13.9. The van der Waals surface area contributed by atoms with Crippen molar-refractivity contribution in [2.45, 2.75) is 30.8 Å². The smallest absolute Gasteiger partial charge is 0.269 e. The average Bonchev–Trinajstić information content (AvgIpc) is 3.38. The SMILES string of the molecule is Cc1ccc(S(=O)(=O)n2cc(-c3ccc(OC4CCOCC4)c(C#N)c3)c3cc(/C=C/CN(C)CCO)cnc32)cc1. The minimum atomic E-state index is -3.96. The van der Waals surface area contributed by atoms with Gasteiger partial charge in [-0.2, -0.15) is 5.26 Å². The van der Waals surface area contributed by atoms with Gasteiger partial charge in [-0.15, -0.1) is 0 Å². The quantitative estimate of drug-likeness (QED) is 0.286. The van der Waals surface area contributed by atoms with E-state index < -0.39 is 10.0 Å². The summed E-state index contributed by atoms with van der Waals surface area (Å²) in [5.74, 6) is 0.498. The first kappa shape index (κ1) is 29.5. The minimum absolute atomic E-state index is 0.0202. The van der Waals surface area contributed by atoms with Gasteiger partial charge in [0, 0.05) is 49.3 Å². The van der Waals surface area contributed by atoms with Crippen LogP contribution in [0.25, 0.3) is 28.2 Å². The third kappa shape index (κ3) is 6.40. The van der Waals surface area contributed by atoms with Crippen LogP contribution in [-0.4, -0.2) is 73.4 Å². The van der Waals surface area contributed by atoms with Crippen molar-refractivity contribution in [3.8, 4) is 22.9 Å². The van der Waals surface area contributed by atoms with E-state index in [1.807, 2.05) is 43.2 Å². The van der Waals surface area contributed by atoms with Gasteiger partial charge < -0.3 is 19.5 Å². The second kappa shape index (κ2) is 12.9. The lowest BCUT2D eigenvalue weighted by Gasteiger charge is -2.23. The molecule has 0 atom stereocenters. The van der Waals surface area contributed by atoms with Crippen molar-refractivity contribution in [1.82, 2.24) is 13.9 Å². The summed E-state index contributed by atoms with van der Waals surface area (Å²) in [7, 11) is -2.04. The molecule has 1 aliphatic heterocycles. The summed E-state index contributed by atoms with van der Waals surface area (Å²) < 4.78 is 40.4. The number of aryl methyl sites for hydroxylation is 1. The van der Waals surface area contributed by atoms with Gasteiger partial charge in [0.1, 0.15) is 17.9 Å². The summed E-state index contributed by atoms with van der Waals surface area (Å²) in [5.41, 5.74) is 3.73. The number of hydrogen-bond acceptors (Lipinski definition) is 8. The maximum Gasteiger partial charge on any atom is 0.269 e. The molecule has 1 aliphatic rings. The van der Waals surface area contributed by atoms with Crippen LogP contribution < -0.4 is 4.74 Å². The van der Waals surface area contributed by atoms with Crippen LogP contribution in [0.2, 0.25) is 0 Å². The molecule has 9 nitrogen and oxygen atoms in total. The molecule has 42 heavy (non-hydrogen) atoms. The second-order valence-electron chi connectivity index (χ2n) is 10.4. The highest BCUT2D eigenvalue weighted by Crippen LogP contribution is 2.35. The Kier molecular flexibility index (Phi) is 9.04. The molecule has 0 unspecified atom stereocenters. The Morgan fingerprint density at radius 2 is 1.95 bits per heavy atom. The monoisotopic (exact) mass is 586 g/mol. The van der Waals surface area contributed by atoms with Crippen molar-refractivity contribution in [3.63, 3.8) is 0 Å². The number of aromatic nitrogens is 2. The van der Waals surface area contributed by atoms with Crippen LogP contribution in [0, 0.1) is 18.3 Å². The van der Waals surface area contributed by atoms with E-state index >= 15 is 0 Å². The number of likely N-dealkylation sites (N-methyl/N-ethyl adjacent to an activating group) is 1. The van der Waals surface area contributed by atoms with Gasteiger partial charge in [-0.3, -0.25) is 0 Å². The zero-order valence-electron chi connectivity index (χ0n) is 23.7. The number of nitriles is 1. The predicted octanol–water partition coefficient (Wildman–Crippen LogP) is 4.62. The van der Waals surface area contributed by atoms with Crippen molar-refractivity contribution >= 4 is 27.1 Å². The molecule has 218 valence electrons. The van der Waals surface area contributed by atoms with Gasteiger partial charge in [-0.1, -0.05) is 35.9 Å². The lowest BCUT2D eigenvalue weighted by Crippen LogP contribution is -2.26. The number of nitrogens with zero attached hydrogens (tertiary/aromatic N) is 4. The fraction of sp³-hybridized carbons (Fsp3) is 0.312. The number of aliphatic hydroxyl groups is 1. The molecule has 1 saturated heterocycles. The highest BCUT2D eigenvalue weighted by atomic mass is 32.2. The van der Waals surface area contributed by atoms with Crippen LogP contribution in [-0.2, 0) is 14.8 Å². The maximum atomic E-state index is 13.8. The van der Waals surface area contributed by atoms with Crippen LogP contribution in [0.3, 0.4) is 0 Å². The number of hydrogen-bond donors (Lipinski definition) is 1. The van der Waals surface area contributed by atoms with Crippen LogP contribution in [0.5, 0.6) is 5.75 Å². The summed E-state index contributed by atoms with van der Waals surface area (Å²) in [6.07, 6.45) is 8.60. The zero-order valence-corrected chi connectivity index (χ0v) is 24.5. The molecule has 1 fully saturated rings. The molecule has 2 aromatic heterocycles. The first-order chi connectivity index (χ1) is 20.3. The molecule has 0 saturated carbocycles. The third-order valence-corrected chi connectivity index (χ3v) is 8.96. The Hall–Kier alpha value is -4.01. The highest BCUT2D eigenvalue weighted by Gasteiger charge is 2.24. The molecular weight excluding hydrogens is 552 g/mol. The standard InChI is InChI=1S/C32H34N4O5S/c1-23-5-8-28(9-6-23)42(38,39)36-22-30(29-18-24(21-34-32(29)36)4-3-13-35(2)14-15-37)25-7-10-31(26(19-25)20-33)41-27-11-16-40-17-12-27/h3-10,18-19,21-22,27,37H,11-17H2,1-2H3/b4-3+. The molecule has 0 spiro atoms. The number of rotatable bonds is 10. The highest BCUT2D eigenvalue weighted by molar-refractivity contribution is 7.90. The summed E-state index contributed by atoms with van der Waals surface area (Å²) in [5, 5.41) is 19.8. The number of aliphatic hydroxyl groups excluding tert-OH is 1. The van der Waals surface area contributed by atoms with Crippen molar-refractivity contribution in [2.75, 3.05) is 40.0 Å². The van der Waals surface area contributed by atoms with E-state index in [0.717, 1.165) is 24.0 Å². The fourth-order valence-corrected chi connectivity index (χ4v) is 6.24. The van der Waals surface area contributed by atoms with Crippen molar-refractivity contribution in [1.29, 1.82) is 5.26 Å². The zero-order chi connectivity index (χ0) is 29.7. The Morgan fingerprint density at radius 3 is 2.67 bits per heavy atom. The predicted molar refractivity (Wildman–Crippen MR) is 162 cm³/mol. The van der Waals surface area contributed by atoms with Gasteiger partial charge in [-0.05, 0) is 55.4 Å². The van der Waals surface area contributed by atoms with Gasteiger partial charge in [0.15, 0.2) is 5.65 Å². The maximum absolute atomic E-state index is 13.8. The Bertz CT molecular complexity index is 1730. The van der Waals surface area contributed by atoms with E-state index in [4.69, 9.17) is 14.6 Å². The molecule has 0 radical (unpaired) electrons. The molecule has 2 aromatic carbocycles. The molecule has 0 aliphatic carbocycles. The number of pyridine rings is 1. The summed E-state index contributed by atoms with van der Waals surface area (Å²) in [4.78, 5) is 6.72. The molecule has 3 heterocycles. The van der Waals surface area contributed by atoms with Crippen LogP contribution in [0.15, 0.2) is 71.9 Å². The van der Waals surface area contributed by atoms with Gasteiger partial charge >= 0.3 is 0 Å². The molecule has 1 N–H and O–H groups in total. The molecule has 4 aromatic rings. The van der Waals surface area contributed by atoms with E-state index in [9.17, 15) is 13.7 Å². The van der Waals surface area contributed by atoms with Gasteiger partial charge in [0.2, 0.25) is 0 Å². The Morgan fingerprint density at radius 1 is 1.19 bits per heavy atom. The number of benzene rings is 2. The molecule has 0 amide bonds.